The largest absolute Gasteiger partial charge is 0.367 e. The van der Waals surface area contributed by atoms with Gasteiger partial charge in [-0.1, -0.05) is 30.3 Å². The number of aromatic amines is 1. The van der Waals surface area contributed by atoms with Crippen LogP contribution in [0.2, 0.25) is 0 Å². The summed E-state index contributed by atoms with van der Waals surface area (Å²) in [6.45, 7) is 2.33. The monoisotopic (exact) mass is 636 g/mol. The first-order valence-electron chi connectivity index (χ1n) is 15.2. The molecule has 0 saturated carbocycles. The lowest BCUT2D eigenvalue weighted by Crippen LogP contribution is -2.48. The van der Waals surface area contributed by atoms with Crippen molar-refractivity contribution < 1.29 is 18.7 Å². The third kappa shape index (κ3) is 5.96. The molecule has 2 N–H and O–H groups in total. The number of aromatic nitrogens is 3. The molecule has 9 nitrogen and oxygen atoms in total. The van der Waals surface area contributed by atoms with Crippen molar-refractivity contribution in [2.45, 2.75) is 18.4 Å². The lowest BCUT2D eigenvalue weighted by Gasteiger charge is -2.30. The summed E-state index contributed by atoms with van der Waals surface area (Å²) in [4.78, 5) is 35.1. The van der Waals surface area contributed by atoms with Gasteiger partial charge in [0.1, 0.15) is 10.8 Å². The molecule has 234 valence electrons. The number of H-pyrrole nitrogens is 1. The molecule has 5 aromatic rings. The Labute approximate surface area is 269 Å². The van der Waals surface area contributed by atoms with E-state index in [1.54, 1.807) is 29.5 Å². The lowest BCUT2D eigenvalue weighted by atomic mass is 9.98. The highest BCUT2D eigenvalue weighted by Crippen LogP contribution is 2.32. The Balaban J connectivity index is 0.964. The zero-order chi connectivity index (χ0) is 31.7. The number of amides is 2. The van der Waals surface area contributed by atoms with Crippen molar-refractivity contribution in [3.05, 3.63) is 95.8 Å². The Morgan fingerprint density at radius 1 is 1.04 bits per heavy atom. The smallest absolute Gasteiger partial charge is 0.258 e. The van der Waals surface area contributed by atoms with E-state index in [-0.39, 0.29) is 24.2 Å². The summed E-state index contributed by atoms with van der Waals surface area (Å²) >= 11 is 1.62. The number of likely N-dealkylation sites (tertiary alicyclic amines) is 1. The molecule has 0 unspecified atom stereocenters. The molecule has 1 atom stereocenters. The normalized spacial score (nSPS) is 18.6. The number of halogens is 1. The minimum atomic E-state index is -1.08. The fraction of sp³-hybridized carbons (Fsp3) is 0.257. The van der Waals surface area contributed by atoms with Gasteiger partial charge in [-0.15, -0.1) is 11.3 Å². The molecular formula is C35H33FN6O3S. The van der Waals surface area contributed by atoms with Crippen LogP contribution in [-0.2, 0) is 14.3 Å². The predicted octanol–water partition coefficient (Wildman–Crippen LogP) is 5.84. The summed E-state index contributed by atoms with van der Waals surface area (Å²) in [6.07, 6.45) is 5.20. The van der Waals surface area contributed by atoms with Gasteiger partial charge in [-0.05, 0) is 66.4 Å². The fourth-order valence-corrected chi connectivity index (χ4v) is 6.89. The van der Waals surface area contributed by atoms with Crippen LogP contribution in [0.5, 0.6) is 0 Å². The molecule has 0 radical (unpaired) electrons. The second-order valence-electron chi connectivity index (χ2n) is 11.7. The zero-order valence-corrected chi connectivity index (χ0v) is 26.1. The molecule has 2 aliphatic rings. The average Bonchev–Trinajstić information content (AvgIpc) is 3.86. The number of nitrogens with one attached hydrogen (secondary N) is 2. The highest BCUT2D eigenvalue weighted by molar-refractivity contribution is 7.13. The van der Waals surface area contributed by atoms with Crippen molar-refractivity contribution in [1.82, 2.24) is 25.0 Å². The number of fused-ring (bicyclic) bond motifs is 1. The van der Waals surface area contributed by atoms with Gasteiger partial charge in [-0.25, -0.2) is 9.37 Å². The van der Waals surface area contributed by atoms with E-state index in [1.165, 1.54) is 30.4 Å². The number of hydrogen-bond acceptors (Lipinski definition) is 7. The van der Waals surface area contributed by atoms with Crippen molar-refractivity contribution in [1.29, 1.82) is 0 Å². The number of benzene rings is 3. The second-order valence-corrected chi connectivity index (χ2v) is 12.6. The zero-order valence-electron chi connectivity index (χ0n) is 25.3. The molecule has 1 fully saturated rings. The second kappa shape index (κ2) is 12.6. The maximum atomic E-state index is 13.6. The van der Waals surface area contributed by atoms with Crippen LogP contribution in [0.15, 0.2) is 84.4 Å². The van der Waals surface area contributed by atoms with Gasteiger partial charge >= 0.3 is 0 Å². The van der Waals surface area contributed by atoms with Crippen molar-refractivity contribution in [2.24, 2.45) is 0 Å². The van der Waals surface area contributed by atoms with Gasteiger partial charge in [0.15, 0.2) is 5.60 Å². The molecule has 3 aromatic carbocycles. The average molecular weight is 637 g/mol. The van der Waals surface area contributed by atoms with Gasteiger partial charge < -0.3 is 15.0 Å². The Bertz CT molecular complexity index is 1910. The van der Waals surface area contributed by atoms with Crippen molar-refractivity contribution >= 4 is 45.3 Å². The minimum Gasteiger partial charge on any atom is -0.367 e. The fourth-order valence-electron chi connectivity index (χ4n) is 6.24. The first kappa shape index (κ1) is 30.0. The molecule has 2 amide bonds. The van der Waals surface area contributed by atoms with Gasteiger partial charge in [-0.2, -0.15) is 5.10 Å². The van der Waals surface area contributed by atoms with E-state index in [0.29, 0.717) is 44.0 Å². The Morgan fingerprint density at radius 3 is 2.54 bits per heavy atom. The molecule has 0 bridgehead atoms. The molecule has 0 aliphatic carbocycles. The Morgan fingerprint density at radius 2 is 1.83 bits per heavy atom. The predicted molar refractivity (Wildman–Crippen MR) is 178 cm³/mol. The van der Waals surface area contributed by atoms with Gasteiger partial charge in [0, 0.05) is 67.1 Å². The summed E-state index contributed by atoms with van der Waals surface area (Å²) in [5, 5.41) is 14.2. The SMILES string of the molecule is CO[C@@]1(C(=O)Nc2ccc3[nH]nc(-c4ccc(F)cc4)c3c2)CCN(CC(=O)N2CC=C(c3ccc(-c4nccs4)cc3)CC2)C1. The molecule has 11 heteroatoms. The van der Waals surface area contributed by atoms with E-state index < -0.39 is 5.60 Å². The summed E-state index contributed by atoms with van der Waals surface area (Å²) in [5.74, 6) is -0.538. The van der Waals surface area contributed by atoms with Crippen LogP contribution in [0.1, 0.15) is 18.4 Å². The first-order chi connectivity index (χ1) is 22.4. The van der Waals surface area contributed by atoms with Crippen LogP contribution < -0.4 is 5.32 Å². The third-order valence-corrected chi connectivity index (χ3v) is 9.73. The van der Waals surface area contributed by atoms with Crippen molar-refractivity contribution in [3.8, 4) is 21.8 Å². The number of carbonyl (C=O) groups is 2. The van der Waals surface area contributed by atoms with E-state index in [0.717, 1.165) is 33.5 Å². The first-order valence-corrected chi connectivity index (χ1v) is 16.1. The van der Waals surface area contributed by atoms with E-state index in [4.69, 9.17) is 4.74 Å². The van der Waals surface area contributed by atoms with Crippen molar-refractivity contribution in [2.75, 3.05) is 45.2 Å². The van der Waals surface area contributed by atoms with Gasteiger partial charge in [0.2, 0.25) is 5.91 Å². The summed E-state index contributed by atoms with van der Waals surface area (Å²) < 4.78 is 19.3. The molecule has 0 spiro atoms. The molecule has 1 saturated heterocycles. The minimum absolute atomic E-state index is 0.0421. The van der Waals surface area contributed by atoms with Crippen LogP contribution >= 0.6 is 11.3 Å². The summed E-state index contributed by atoms with van der Waals surface area (Å²) in [5.41, 5.74) is 5.27. The lowest BCUT2D eigenvalue weighted by molar-refractivity contribution is -0.138. The quantitative estimate of drug-likeness (QED) is 0.222. The molecule has 2 aromatic heterocycles. The molecule has 2 aliphatic heterocycles. The molecule has 4 heterocycles. The summed E-state index contributed by atoms with van der Waals surface area (Å²) in [7, 11) is 1.54. The van der Waals surface area contributed by atoms with Gasteiger partial charge in [0.25, 0.3) is 5.91 Å². The number of hydrogen-bond donors (Lipinski definition) is 2. The highest BCUT2D eigenvalue weighted by Gasteiger charge is 2.45. The van der Waals surface area contributed by atoms with Crippen LogP contribution in [0.3, 0.4) is 0 Å². The highest BCUT2D eigenvalue weighted by atomic mass is 32.1. The van der Waals surface area contributed by atoms with Gasteiger partial charge in [-0.3, -0.25) is 19.6 Å². The molecule has 46 heavy (non-hydrogen) atoms. The van der Waals surface area contributed by atoms with E-state index in [9.17, 15) is 14.0 Å². The Kier molecular flexibility index (Phi) is 8.20. The van der Waals surface area contributed by atoms with E-state index in [1.807, 2.05) is 33.5 Å². The number of anilines is 1. The molecular weight excluding hydrogens is 603 g/mol. The number of methoxy groups -OCH3 is 1. The van der Waals surface area contributed by atoms with E-state index in [2.05, 4.69) is 50.8 Å². The van der Waals surface area contributed by atoms with E-state index >= 15 is 0 Å². The van der Waals surface area contributed by atoms with Crippen LogP contribution in [-0.4, -0.2) is 82.2 Å². The maximum Gasteiger partial charge on any atom is 0.258 e. The number of ether oxygens (including phenoxy) is 1. The van der Waals surface area contributed by atoms with Gasteiger partial charge in [0.05, 0.1) is 17.8 Å². The number of carbonyl (C=O) groups excluding carboxylic acids is 2. The number of rotatable bonds is 8. The van der Waals surface area contributed by atoms with Crippen molar-refractivity contribution in [3.63, 3.8) is 0 Å². The maximum absolute atomic E-state index is 13.6. The van der Waals surface area contributed by atoms with Crippen LogP contribution in [0.25, 0.3) is 38.3 Å². The molecule has 7 rings (SSSR count). The van der Waals surface area contributed by atoms with Crippen LogP contribution in [0.4, 0.5) is 10.1 Å². The van der Waals surface area contributed by atoms with Crippen LogP contribution in [0, 0.1) is 5.82 Å². The Hall–Kier alpha value is -4.71. The standard InChI is InChI=1S/C35H33FN6O3S/c1-45-35(34(44)38-28-10-11-30-29(20-28)32(40-39-30)25-6-8-27(36)9-7-25)14-18-41(22-35)21-31(43)42-16-12-24(13-17-42)23-2-4-26(5-3-23)33-37-15-19-46-33/h2-12,15,19-20H,13-14,16-18,21-22H2,1H3,(H,38,44)(H,39,40)/t35-/m0/s1. The third-order valence-electron chi connectivity index (χ3n) is 8.91. The topological polar surface area (TPSA) is 103 Å². The number of thiazole rings is 1. The number of nitrogens with zero attached hydrogens (tertiary/aromatic N) is 4. The summed E-state index contributed by atoms with van der Waals surface area (Å²) in [6, 6.07) is 20.1.